The van der Waals surface area contributed by atoms with E-state index in [1.54, 1.807) is 18.2 Å². The molecule has 0 saturated carbocycles. The molecule has 0 aliphatic rings. The van der Waals surface area contributed by atoms with Gasteiger partial charge in [-0.3, -0.25) is 5.32 Å². The Balaban J connectivity index is 2.03. The molecule has 1 aromatic heterocycles. The molecule has 1 N–H and O–H groups in total. The molecule has 1 heterocycles. The van der Waals surface area contributed by atoms with Crippen LogP contribution in [0.15, 0.2) is 36.4 Å². The van der Waals surface area contributed by atoms with E-state index >= 15 is 0 Å². The number of nitrogens with one attached hydrogen (secondary N) is 1. The number of alkyl halides is 3. The topological polar surface area (TPSA) is 51.2 Å². The molecule has 0 atom stereocenters. The number of carbonyl (C=O) groups is 1. The second-order valence-electron chi connectivity index (χ2n) is 3.71. The van der Waals surface area contributed by atoms with Gasteiger partial charge < -0.3 is 4.74 Å². The minimum absolute atomic E-state index is 0.130. The van der Waals surface area contributed by atoms with E-state index in [4.69, 9.17) is 0 Å². The van der Waals surface area contributed by atoms with E-state index in [1.807, 2.05) is 12.1 Å². The van der Waals surface area contributed by atoms with Crippen molar-refractivity contribution < 1.29 is 22.7 Å². The van der Waals surface area contributed by atoms with Gasteiger partial charge in [0.1, 0.15) is 5.82 Å². The fraction of sp³-hybridized carbons (Fsp3) is 0.167. The number of para-hydroxylation sites is 1. The van der Waals surface area contributed by atoms with Crippen molar-refractivity contribution >= 4 is 22.8 Å². The van der Waals surface area contributed by atoms with Gasteiger partial charge in [-0.05, 0) is 18.2 Å². The van der Waals surface area contributed by atoms with Crippen LogP contribution >= 0.6 is 0 Å². The van der Waals surface area contributed by atoms with Crippen molar-refractivity contribution in [1.82, 2.24) is 4.98 Å². The number of benzene rings is 1. The third-order valence-electron chi connectivity index (χ3n) is 2.20. The maximum Gasteiger partial charge on any atom is 0.422 e. The third-order valence-corrected chi connectivity index (χ3v) is 2.20. The second kappa shape index (κ2) is 5.13. The molecule has 0 spiro atoms. The number of aromatic nitrogens is 1. The fourth-order valence-corrected chi connectivity index (χ4v) is 1.42. The molecule has 0 fully saturated rings. The van der Waals surface area contributed by atoms with Gasteiger partial charge in [0.05, 0.1) is 5.52 Å². The number of rotatable bonds is 2. The highest BCUT2D eigenvalue weighted by molar-refractivity contribution is 5.86. The van der Waals surface area contributed by atoms with Crippen molar-refractivity contribution in [3.63, 3.8) is 0 Å². The lowest BCUT2D eigenvalue weighted by molar-refractivity contribution is -0.159. The Bertz CT molecular complexity index is 599. The summed E-state index contributed by atoms with van der Waals surface area (Å²) in [6.07, 6.45) is -5.74. The summed E-state index contributed by atoms with van der Waals surface area (Å²) in [6.45, 7) is -1.63. The summed E-state index contributed by atoms with van der Waals surface area (Å²) < 4.78 is 39.5. The second-order valence-corrected chi connectivity index (χ2v) is 3.71. The van der Waals surface area contributed by atoms with Gasteiger partial charge in [0, 0.05) is 5.39 Å². The minimum Gasteiger partial charge on any atom is -0.440 e. The molecule has 0 aliphatic carbocycles. The van der Waals surface area contributed by atoms with Crippen molar-refractivity contribution in [2.75, 3.05) is 11.9 Å². The van der Waals surface area contributed by atoms with Crippen LogP contribution in [0, 0.1) is 0 Å². The van der Waals surface area contributed by atoms with Gasteiger partial charge in [0.25, 0.3) is 0 Å². The first-order valence-corrected chi connectivity index (χ1v) is 5.30. The quantitative estimate of drug-likeness (QED) is 0.910. The first kappa shape index (κ1) is 13.1. The summed E-state index contributed by atoms with van der Waals surface area (Å²) in [4.78, 5) is 15.2. The van der Waals surface area contributed by atoms with Crippen LogP contribution < -0.4 is 5.32 Å². The number of halogens is 3. The van der Waals surface area contributed by atoms with Gasteiger partial charge in [-0.1, -0.05) is 18.2 Å². The number of nitrogens with zero attached hydrogens (tertiary/aromatic N) is 1. The van der Waals surface area contributed by atoms with Crippen molar-refractivity contribution in [2.45, 2.75) is 6.18 Å². The van der Waals surface area contributed by atoms with Crippen LogP contribution in [0.4, 0.5) is 23.8 Å². The number of fused-ring (bicyclic) bond motifs is 1. The van der Waals surface area contributed by atoms with Gasteiger partial charge in [-0.15, -0.1) is 0 Å². The number of ether oxygens (including phenoxy) is 1. The smallest absolute Gasteiger partial charge is 0.422 e. The molecular formula is C12H9F3N2O2. The van der Waals surface area contributed by atoms with E-state index in [2.05, 4.69) is 15.0 Å². The maximum absolute atomic E-state index is 11.8. The van der Waals surface area contributed by atoms with E-state index in [0.29, 0.717) is 5.52 Å². The molecule has 1 aromatic carbocycles. The Hall–Kier alpha value is -2.31. The first-order valence-electron chi connectivity index (χ1n) is 5.30. The fourth-order valence-electron chi connectivity index (χ4n) is 1.42. The van der Waals surface area contributed by atoms with Gasteiger partial charge in [0.15, 0.2) is 6.61 Å². The summed E-state index contributed by atoms with van der Waals surface area (Å²) in [5.74, 6) is 0.130. The Kier molecular flexibility index (Phi) is 3.55. The zero-order valence-electron chi connectivity index (χ0n) is 9.57. The van der Waals surface area contributed by atoms with Crippen LogP contribution in [0.5, 0.6) is 0 Å². The lowest BCUT2D eigenvalue weighted by Gasteiger charge is -2.09. The molecule has 0 bridgehead atoms. The Morgan fingerprint density at radius 1 is 1.21 bits per heavy atom. The molecule has 100 valence electrons. The van der Waals surface area contributed by atoms with Crippen molar-refractivity contribution in [3.8, 4) is 0 Å². The number of hydrogen-bond donors (Lipinski definition) is 1. The van der Waals surface area contributed by atoms with Crippen LogP contribution in [0.1, 0.15) is 0 Å². The number of hydrogen-bond acceptors (Lipinski definition) is 3. The van der Waals surface area contributed by atoms with E-state index < -0.39 is 18.9 Å². The zero-order chi connectivity index (χ0) is 13.9. The first-order chi connectivity index (χ1) is 8.94. The van der Waals surface area contributed by atoms with Crippen LogP contribution in [0.25, 0.3) is 10.9 Å². The highest BCUT2D eigenvalue weighted by Gasteiger charge is 2.29. The van der Waals surface area contributed by atoms with E-state index in [9.17, 15) is 18.0 Å². The van der Waals surface area contributed by atoms with Gasteiger partial charge in [-0.25, -0.2) is 9.78 Å². The van der Waals surface area contributed by atoms with Crippen molar-refractivity contribution in [3.05, 3.63) is 36.4 Å². The van der Waals surface area contributed by atoms with Gasteiger partial charge in [0.2, 0.25) is 0 Å². The van der Waals surface area contributed by atoms with Crippen molar-refractivity contribution in [2.24, 2.45) is 0 Å². The highest BCUT2D eigenvalue weighted by atomic mass is 19.4. The Morgan fingerprint density at radius 2 is 1.95 bits per heavy atom. The molecule has 19 heavy (non-hydrogen) atoms. The monoisotopic (exact) mass is 270 g/mol. The van der Waals surface area contributed by atoms with Gasteiger partial charge >= 0.3 is 12.3 Å². The van der Waals surface area contributed by atoms with Crippen LogP contribution in [0.3, 0.4) is 0 Å². The number of amides is 1. The largest absolute Gasteiger partial charge is 0.440 e. The molecular weight excluding hydrogens is 261 g/mol. The predicted octanol–water partition coefficient (Wildman–Crippen LogP) is 3.35. The molecule has 0 aliphatic heterocycles. The normalized spacial score (nSPS) is 11.3. The van der Waals surface area contributed by atoms with Crippen molar-refractivity contribution in [1.29, 1.82) is 0 Å². The molecule has 0 unspecified atom stereocenters. The lowest BCUT2D eigenvalue weighted by Crippen LogP contribution is -2.23. The summed E-state index contributed by atoms with van der Waals surface area (Å²) in [5.41, 5.74) is 0.621. The van der Waals surface area contributed by atoms with E-state index in [-0.39, 0.29) is 5.82 Å². The molecule has 4 nitrogen and oxygen atoms in total. The Morgan fingerprint density at radius 3 is 2.68 bits per heavy atom. The summed E-state index contributed by atoms with van der Waals surface area (Å²) in [6, 6.07) is 10.3. The zero-order valence-corrected chi connectivity index (χ0v) is 9.57. The number of carbonyl (C=O) groups excluding carboxylic acids is 1. The molecule has 0 radical (unpaired) electrons. The number of anilines is 1. The average Bonchev–Trinajstić information content (AvgIpc) is 2.35. The molecule has 7 heteroatoms. The molecule has 2 aromatic rings. The summed E-state index contributed by atoms with van der Waals surface area (Å²) in [7, 11) is 0. The van der Waals surface area contributed by atoms with Gasteiger partial charge in [-0.2, -0.15) is 13.2 Å². The minimum atomic E-state index is -4.55. The summed E-state index contributed by atoms with van der Waals surface area (Å²) >= 11 is 0. The van der Waals surface area contributed by atoms with E-state index in [0.717, 1.165) is 5.39 Å². The molecule has 1 amide bonds. The van der Waals surface area contributed by atoms with Crippen LogP contribution in [-0.2, 0) is 4.74 Å². The highest BCUT2D eigenvalue weighted by Crippen LogP contribution is 2.16. The molecule has 2 rings (SSSR count). The number of pyridine rings is 1. The van der Waals surface area contributed by atoms with E-state index in [1.165, 1.54) is 6.07 Å². The standard InChI is InChI=1S/C12H9F3N2O2/c13-12(14,15)7-19-11(18)17-10-6-5-8-3-1-2-4-9(8)16-10/h1-6H,7H2,(H,16,17,18). The predicted molar refractivity (Wildman–Crippen MR) is 62.8 cm³/mol. The molecule has 0 saturated heterocycles. The van der Waals surface area contributed by atoms with Crippen LogP contribution in [-0.4, -0.2) is 23.9 Å². The summed E-state index contributed by atoms with van der Waals surface area (Å²) in [5, 5.41) is 2.99. The Labute approximate surface area is 106 Å². The third kappa shape index (κ3) is 3.84. The average molecular weight is 270 g/mol. The maximum atomic E-state index is 11.8. The lowest BCUT2D eigenvalue weighted by atomic mass is 10.2. The van der Waals surface area contributed by atoms with Crippen LogP contribution in [0.2, 0.25) is 0 Å². The SMILES string of the molecule is O=C(Nc1ccc2ccccc2n1)OCC(F)(F)F.